The molecule has 1 atom stereocenters. The van der Waals surface area contributed by atoms with Gasteiger partial charge < -0.3 is 14.7 Å². The Kier molecular flexibility index (Phi) is 6.17. The molecule has 0 bridgehead atoms. The highest BCUT2D eigenvalue weighted by Crippen LogP contribution is 2.16. The van der Waals surface area contributed by atoms with Crippen molar-refractivity contribution < 1.29 is 17.7 Å². The zero-order valence-electron chi connectivity index (χ0n) is 13.7. The van der Waals surface area contributed by atoms with E-state index < -0.39 is 9.84 Å². The summed E-state index contributed by atoms with van der Waals surface area (Å²) >= 11 is 0. The summed E-state index contributed by atoms with van der Waals surface area (Å²) in [5.74, 6) is 1.02. The Morgan fingerprint density at radius 1 is 1.52 bits per heavy atom. The third-order valence-electron chi connectivity index (χ3n) is 4.10. The molecular weight excluding hydrogens is 318 g/mol. The Balaban J connectivity index is 1.68. The summed E-state index contributed by atoms with van der Waals surface area (Å²) in [5, 5.41) is 6.73. The first-order valence-corrected chi connectivity index (χ1v) is 9.83. The lowest BCUT2D eigenvalue weighted by Crippen LogP contribution is -2.36. The number of rotatable bonds is 8. The molecule has 1 fully saturated rings. The number of nitrogens with zero attached hydrogens (tertiary/aromatic N) is 2. The van der Waals surface area contributed by atoms with Gasteiger partial charge >= 0.3 is 0 Å². The summed E-state index contributed by atoms with van der Waals surface area (Å²) in [6, 6.07) is 1.89. The molecule has 1 aromatic rings. The summed E-state index contributed by atoms with van der Waals surface area (Å²) in [5.41, 5.74) is 0.902. The third-order valence-corrected chi connectivity index (χ3v) is 5.85. The average molecular weight is 343 g/mol. The van der Waals surface area contributed by atoms with E-state index >= 15 is 0 Å². The molecule has 0 aromatic carbocycles. The largest absolute Gasteiger partial charge is 0.359 e. The predicted octanol–water partition coefficient (Wildman–Crippen LogP) is 0.752. The monoisotopic (exact) mass is 343 g/mol. The van der Waals surface area contributed by atoms with Crippen LogP contribution in [0.5, 0.6) is 0 Å². The highest BCUT2D eigenvalue weighted by atomic mass is 32.2. The van der Waals surface area contributed by atoms with E-state index in [9.17, 15) is 13.2 Å². The highest BCUT2D eigenvalue weighted by Gasteiger charge is 2.30. The fraction of sp³-hybridized carbons (Fsp3) is 0.733. The Morgan fingerprint density at radius 3 is 2.96 bits per heavy atom. The van der Waals surface area contributed by atoms with Crippen molar-refractivity contribution in [3.8, 4) is 0 Å². The molecule has 0 spiro atoms. The van der Waals surface area contributed by atoms with Crippen molar-refractivity contribution in [1.29, 1.82) is 0 Å². The van der Waals surface area contributed by atoms with Crippen LogP contribution >= 0.6 is 0 Å². The van der Waals surface area contributed by atoms with E-state index in [-0.39, 0.29) is 23.5 Å². The van der Waals surface area contributed by atoms with Gasteiger partial charge in [0.1, 0.15) is 0 Å². The van der Waals surface area contributed by atoms with Gasteiger partial charge in [0.2, 0.25) is 5.91 Å². The second kappa shape index (κ2) is 7.92. The van der Waals surface area contributed by atoms with Crippen LogP contribution in [0.3, 0.4) is 0 Å². The van der Waals surface area contributed by atoms with Crippen LogP contribution in [0.25, 0.3) is 0 Å². The predicted molar refractivity (Wildman–Crippen MR) is 86.7 cm³/mol. The van der Waals surface area contributed by atoms with Gasteiger partial charge in [-0.15, -0.1) is 0 Å². The van der Waals surface area contributed by atoms with Crippen LogP contribution in [-0.4, -0.2) is 55.5 Å². The van der Waals surface area contributed by atoms with Gasteiger partial charge in [0.25, 0.3) is 0 Å². The van der Waals surface area contributed by atoms with Crippen molar-refractivity contribution >= 4 is 15.7 Å². The molecule has 130 valence electrons. The lowest BCUT2D eigenvalue weighted by Gasteiger charge is -2.22. The Morgan fingerprint density at radius 2 is 2.30 bits per heavy atom. The first-order valence-electron chi connectivity index (χ1n) is 8.01. The number of amides is 1. The average Bonchev–Trinajstić information content (AvgIpc) is 3.09. The third kappa shape index (κ3) is 5.62. The fourth-order valence-electron chi connectivity index (χ4n) is 2.67. The van der Waals surface area contributed by atoms with Crippen LogP contribution in [0.4, 0.5) is 0 Å². The van der Waals surface area contributed by atoms with Gasteiger partial charge in [-0.25, -0.2) is 8.42 Å². The Hall–Kier alpha value is -1.41. The number of hydrogen-bond donors (Lipinski definition) is 1. The summed E-state index contributed by atoms with van der Waals surface area (Å²) in [7, 11) is -1.02. The van der Waals surface area contributed by atoms with Crippen molar-refractivity contribution in [3.63, 3.8) is 0 Å². The van der Waals surface area contributed by atoms with Crippen LogP contribution in [0.2, 0.25) is 0 Å². The molecule has 7 nitrogen and oxygen atoms in total. The van der Waals surface area contributed by atoms with Gasteiger partial charge in [0.05, 0.1) is 23.7 Å². The van der Waals surface area contributed by atoms with E-state index in [1.807, 2.05) is 18.0 Å². The highest BCUT2D eigenvalue weighted by molar-refractivity contribution is 7.91. The quantitative estimate of drug-likeness (QED) is 0.749. The first-order chi connectivity index (χ1) is 10.9. The van der Waals surface area contributed by atoms with Crippen LogP contribution in [0.1, 0.15) is 37.6 Å². The second-order valence-corrected chi connectivity index (χ2v) is 8.33. The Bertz CT molecular complexity index is 626. The topological polar surface area (TPSA) is 92.5 Å². The summed E-state index contributed by atoms with van der Waals surface area (Å²) < 4.78 is 28.1. The molecule has 1 aliphatic rings. The molecule has 0 unspecified atom stereocenters. The van der Waals surface area contributed by atoms with Gasteiger partial charge in [0.15, 0.2) is 15.6 Å². The van der Waals surface area contributed by atoms with Crippen molar-refractivity contribution in [2.24, 2.45) is 0 Å². The maximum absolute atomic E-state index is 11.9. The van der Waals surface area contributed by atoms with Crippen molar-refractivity contribution in [2.45, 2.75) is 45.2 Å². The molecule has 2 heterocycles. The normalized spacial score (nSPS) is 20.0. The fourth-order valence-corrected chi connectivity index (χ4v) is 4.48. The van der Waals surface area contributed by atoms with Gasteiger partial charge in [-0.2, -0.15) is 0 Å². The molecule has 8 heteroatoms. The molecule has 1 amide bonds. The number of nitrogens with one attached hydrogen (secondary N) is 1. The molecule has 0 radical (unpaired) electrons. The van der Waals surface area contributed by atoms with Crippen molar-refractivity contribution in [3.05, 3.63) is 17.5 Å². The van der Waals surface area contributed by atoms with Gasteiger partial charge in [0, 0.05) is 25.1 Å². The molecule has 0 saturated carbocycles. The molecule has 1 N–H and O–H groups in total. The number of aromatic nitrogens is 1. The number of carbonyl (C=O) groups is 1. The number of aryl methyl sites for hydroxylation is 1. The van der Waals surface area contributed by atoms with Crippen molar-refractivity contribution in [2.75, 3.05) is 25.1 Å². The lowest BCUT2D eigenvalue weighted by molar-refractivity contribution is -0.121. The minimum absolute atomic E-state index is 0.0266. The maximum Gasteiger partial charge on any atom is 0.221 e. The van der Waals surface area contributed by atoms with Gasteiger partial charge in [-0.1, -0.05) is 18.5 Å². The van der Waals surface area contributed by atoms with E-state index in [0.29, 0.717) is 31.7 Å². The van der Waals surface area contributed by atoms with Crippen LogP contribution in [0.15, 0.2) is 10.6 Å². The molecule has 2 rings (SSSR count). The molecule has 1 aromatic heterocycles. The summed E-state index contributed by atoms with van der Waals surface area (Å²) in [4.78, 5) is 13.8. The van der Waals surface area contributed by atoms with E-state index in [2.05, 4.69) is 17.4 Å². The maximum atomic E-state index is 11.9. The molecule has 1 aliphatic heterocycles. The smallest absolute Gasteiger partial charge is 0.221 e. The summed E-state index contributed by atoms with van der Waals surface area (Å²) in [6.45, 7) is 2.95. The first kappa shape index (κ1) is 17.9. The van der Waals surface area contributed by atoms with Gasteiger partial charge in [-0.05, 0) is 19.9 Å². The van der Waals surface area contributed by atoms with Crippen molar-refractivity contribution in [1.82, 2.24) is 15.4 Å². The van der Waals surface area contributed by atoms with Crippen LogP contribution < -0.4 is 5.32 Å². The van der Waals surface area contributed by atoms with E-state index in [0.717, 1.165) is 18.5 Å². The minimum Gasteiger partial charge on any atom is -0.359 e. The molecule has 1 saturated heterocycles. The van der Waals surface area contributed by atoms with E-state index in [4.69, 9.17) is 4.52 Å². The number of hydrogen-bond acceptors (Lipinski definition) is 6. The van der Waals surface area contributed by atoms with E-state index in [1.165, 1.54) is 0 Å². The second-order valence-electron chi connectivity index (χ2n) is 6.10. The molecular formula is C15H25N3O4S. The standard InChI is InChI=1S/C15H25N3O4S/c1-3-4-12-9-14(22-17-12)10-16-15(19)5-7-18(2)13-6-8-23(20,21)11-13/h9,13H,3-8,10-11H2,1-2H3,(H,16,19)/t13-/m1/s1. The molecule has 0 aliphatic carbocycles. The number of sulfone groups is 1. The van der Waals surface area contributed by atoms with Gasteiger partial charge in [-0.3, -0.25) is 4.79 Å². The summed E-state index contributed by atoms with van der Waals surface area (Å²) in [6.07, 6.45) is 2.86. The number of carbonyl (C=O) groups excluding carboxylic acids is 1. The van der Waals surface area contributed by atoms with Crippen LogP contribution in [-0.2, 0) is 27.6 Å². The zero-order valence-corrected chi connectivity index (χ0v) is 14.6. The minimum atomic E-state index is -2.89. The zero-order chi connectivity index (χ0) is 16.9. The SMILES string of the molecule is CCCc1cc(CNC(=O)CCN(C)[C@@H]2CCS(=O)(=O)C2)on1. The van der Waals surface area contributed by atoms with E-state index in [1.54, 1.807) is 0 Å². The molecule has 23 heavy (non-hydrogen) atoms. The lowest BCUT2D eigenvalue weighted by atomic mass is 10.2. The van der Waals surface area contributed by atoms with Crippen LogP contribution in [0, 0.1) is 0 Å². The Labute approximate surface area is 137 Å².